The summed E-state index contributed by atoms with van der Waals surface area (Å²) in [6.07, 6.45) is 1.48. The molecule has 1 aliphatic rings. The fourth-order valence-electron chi connectivity index (χ4n) is 4.28. The monoisotopic (exact) mass is 608 g/mol. The van der Waals surface area contributed by atoms with E-state index in [0.717, 1.165) is 6.04 Å². The van der Waals surface area contributed by atoms with E-state index in [9.17, 15) is 4.79 Å². The summed E-state index contributed by atoms with van der Waals surface area (Å²) in [4.78, 5) is 32.8. The van der Waals surface area contributed by atoms with Crippen molar-refractivity contribution in [1.29, 1.82) is 0 Å². The molecule has 3 aromatic heterocycles. The Morgan fingerprint density at radius 2 is 1.98 bits per heavy atom. The smallest absolute Gasteiger partial charge is 0.407 e. The Labute approximate surface area is 245 Å². The van der Waals surface area contributed by atoms with E-state index >= 15 is 4.39 Å². The lowest BCUT2D eigenvalue weighted by atomic mass is 10.2. The molecule has 1 saturated heterocycles. The zero-order valence-corrected chi connectivity index (χ0v) is 26.0. The summed E-state index contributed by atoms with van der Waals surface area (Å²) >= 11 is 0. The van der Waals surface area contributed by atoms with Crippen LogP contribution in [0.4, 0.5) is 26.6 Å². The van der Waals surface area contributed by atoms with Gasteiger partial charge in [0.05, 0.1) is 65.2 Å². The van der Waals surface area contributed by atoms with Crippen LogP contribution >= 0.6 is 0 Å². The molecule has 0 radical (unpaired) electrons. The number of alkyl carbamates (subject to hydrolysis) is 1. The number of alkyl halides is 1. The number of amides is 1. The minimum Gasteiger partial charge on any atom is -0.478 e. The fraction of sp³-hybridized carbons (Fsp3) is 0.640. The van der Waals surface area contributed by atoms with E-state index in [4.69, 9.17) is 19.0 Å². The predicted molar refractivity (Wildman–Crippen MR) is 158 cm³/mol. The van der Waals surface area contributed by atoms with Gasteiger partial charge in [-0.1, -0.05) is 19.6 Å². The number of aryl methyl sites for hydroxylation is 1. The first-order chi connectivity index (χ1) is 20.1. The molecule has 0 aliphatic carbocycles. The molecular formula is C25H41FN10O5Si. The molecule has 0 unspecified atom stereocenters. The van der Waals surface area contributed by atoms with Gasteiger partial charge in [0.25, 0.3) is 5.88 Å². The Bertz CT molecular complexity index is 1330. The van der Waals surface area contributed by atoms with E-state index in [0.29, 0.717) is 67.5 Å². The number of hydroxylamine groups is 1. The SMILES string of the molecule is CNOCCOCCn1cc(Nc2nc(N3C[C@@H](F)[C@H](NC(=O)OCC[Si](C)(C)C)C3)nc3c2ncn3C)c(OC)n1. The second-order valence-electron chi connectivity index (χ2n) is 11.1. The van der Waals surface area contributed by atoms with Crippen LogP contribution in [0.3, 0.4) is 0 Å². The summed E-state index contributed by atoms with van der Waals surface area (Å²) in [5.41, 5.74) is 4.25. The van der Waals surface area contributed by atoms with Crippen LogP contribution in [0.25, 0.3) is 11.2 Å². The number of fused-ring (bicyclic) bond motifs is 1. The van der Waals surface area contributed by atoms with Crippen molar-refractivity contribution in [3.8, 4) is 5.88 Å². The number of halogens is 1. The number of hydrogen-bond acceptors (Lipinski definition) is 12. The van der Waals surface area contributed by atoms with Crippen molar-refractivity contribution >= 4 is 42.8 Å². The third-order valence-electron chi connectivity index (χ3n) is 6.58. The highest BCUT2D eigenvalue weighted by molar-refractivity contribution is 6.76. The Hall–Kier alpha value is -3.54. The van der Waals surface area contributed by atoms with Gasteiger partial charge < -0.3 is 34.3 Å². The van der Waals surface area contributed by atoms with Gasteiger partial charge in [0.1, 0.15) is 11.9 Å². The number of hydrogen-bond donors (Lipinski definition) is 3. The Morgan fingerprint density at radius 1 is 1.17 bits per heavy atom. The lowest BCUT2D eigenvalue weighted by molar-refractivity contribution is 0.00362. The maximum atomic E-state index is 15.0. The largest absolute Gasteiger partial charge is 0.478 e. The molecule has 1 fully saturated rings. The van der Waals surface area contributed by atoms with Gasteiger partial charge in [0, 0.05) is 28.7 Å². The molecule has 3 aromatic rings. The first kappa shape index (κ1) is 31.4. The number of aromatic nitrogens is 6. The summed E-state index contributed by atoms with van der Waals surface area (Å²) < 4.78 is 34.8. The van der Waals surface area contributed by atoms with Gasteiger partial charge in [-0.15, -0.1) is 5.10 Å². The van der Waals surface area contributed by atoms with Crippen LogP contribution in [0.1, 0.15) is 0 Å². The average Bonchev–Trinajstić information content (AvgIpc) is 3.62. The number of carbonyl (C=O) groups excluding carboxylic acids is 1. The van der Waals surface area contributed by atoms with E-state index in [1.807, 2.05) is 7.05 Å². The van der Waals surface area contributed by atoms with Crippen LogP contribution in [0, 0.1) is 0 Å². The van der Waals surface area contributed by atoms with Gasteiger partial charge in [-0.2, -0.15) is 9.97 Å². The highest BCUT2D eigenvalue weighted by Gasteiger charge is 2.36. The molecular weight excluding hydrogens is 567 g/mol. The summed E-state index contributed by atoms with van der Waals surface area (Å²) in [6, 6.07) is 0.0889. The van der Waals surface area contributed by atoms with Crippen LogP contribution in [-0.4, -0.2) is 109 Å². The van der Waals surface area contributed by atoms with Crippen molar-refractivity contribution < 1.29 is 28.2 Å². The van der Waals surface area contributed by atoms with Crippen LogP contribution in [0.5, 0.6) is 5.88 Å². The maximum Gasteiger partial charge on any atom is 0.407 e. The van der Waals surface area contributed by atoms with E-state index in [1.165, 1.54) is 7.11 Å². The van der Waals surface area contributed by atoms with Crippen molar-refractivity contribution in [2.75, 3.05) is 63.9 Å². The molecule has 15 nitrogen and oxygen atoms in total. The van der Waals surface area contributed by atoms with Gasteiger partial charge in [0.15, 0.2) is 17.0 Å². The summed E-state index contributed by atoms with van der Waals surface area (Å²) in [5, 5.41) is 10.4. The van der Waals surface area contributed by atoms with Crippen LogP contribution in [0.2, 0.25) is 25.7 Å². The van der Waals surface area contributed by atoms with Gasteiger partial charge in [-0.3, -0.25) is 9.52 Å². The van der Waals surface area contributed by atoms with Crippen molar-refractivity contribution in [3.63, 3.8) is 0 Å². The standard InChI is InChI=1S/C25H41FN10O5Si/c1-27-41-10-9-39-8-7-36-15-19(23(33-36)38-3)29-21-20-22(34(2)16-28-20)32-24(31-21)35-13-17(26)18(14-35)30-25(37)40-11-12-42(4,5)6/h15-18,27H,7-14H2,1-6H3,(H,30,37)(H,29,31,32)/t17-,18-/m1/s1. The highest BCUT2D eigenvalue weighted by Crippen LogP contribution is 2.31. The number of carbonyl (C=O) groups is 1. The molecule has 0 aromatic carbocycles. The average molecular weight is 609 g/mol. The number of rotatable bonds is 15. The number of imidazole rings is 1. The first-order valence-electron chi connectivity index (χ1n) is 13.8. The lowest BCUT2D eigenvalue weighted by Gasteiger charge is -2.18. The third kappa shape index (κ3) is 8.27. The second-order valence-corrected chi connectivity index (χ2v) is 16.7. The Balaban J connectivity index is 1.46. The number of ether oxygens (including phenoxy) is 3. The minimum absolute atomic E-state index is 0.0171. The van der Waals surface area contributed by atoms with E-state index in [2.05, 4.69) is 55.8 Å². The summed E-state index contributed by atoms with van der Waals surface area (Å²) in [7, 11) is 3.69. The van der Waals surface area contributed by atoms with Gasteiger partial charge in [0.2, 0.25) is 5.95 Å². The van der Waals surface area contributed by atoms with Crippen LogP contribution in [-0.2, 0) is 27.9 Å². The Kier molecular flexibility index (Phi) is 10.5. The number of anilines is 3. The second kappa shape index (κ2) is 14.1. The molecule has 42 heavy (non-hydrogen) atoms. The molecule has 1 amide bonds. The molecule has 1 aliphatic heterocycles. The number of nitrogens with zero attached hydrogens (tertiary/aromatic N) is 7. The van der Waals surface area contributed by atoms with Crippen molar-refractivity contribution in [2.24, 2.45) is 7.05 Å². The molecule has 4 heterocycles. The lowest BCUT2D eigenvalue weighted by Crippen LogP contribution is -2.42. The normalized spacial score (nSPS) is 17.2. The van der Waals surface area contributed by atoms with Gasteiger partial charge in [-0.05, 0) is 6.04 Å². The van der Waals surface area contributed by atoms with Gasteiger partial charge >= 0.3 is 6.09 Å². The first-order valence-corrected chi connectivity index (χ1v) is 17.5. The molecule has 0 saturated carbocycles. The van der Waals surface area contributed by atoms with Crippen molar-refractivity contribution in [2.45, 2.75) is 44.4 Å². The Morgan fingerprint density at radius 3 is 2.71 bits per heavy atom. The maximum absolute atomic E-state index is 15.0. The fourth-order valence-corrected chi connectivity index (χ4v) is 4.99. The molecule has 0 bridgehead atoms. The highest BCUT2D eigenvalue weighted by atomic mass is 28.3. The summed E-state index contributed by atoms with van der Waals surface area (Å²) in [6.45, 7) is 8.92. The molecule has 4 rings (SSSR count). The zero-order chi connectivity index (χ0) is 30.3. The van der Waals surface area contributed by atoms with Crippen LogP contribution in [0.15, 0.2) is 12.5 Å². The predicted octanol–water partition coefficient (Wildman–Crippen LogP) is 2.07. The quantitative estimate of drug-likeness (QED) is 0.131. The third-order valence-corrected chi connectivity index (χ3v) is 8.28. The zero-order valence-electron chi connectivity index (χ0n) is 25.0. The minimum atomic E-state index is -1.35. The summed E-state index contributed by atoms with van der Waals surface area (Å²) in [5.74, 6) is 1.07. The number of methoxy groups -OCH3 is 1. The van der Waals surface area contributed by atoms with Crippen LogP contribution < -0.4 is 25.8 Å². The molecule has 0 spiro atoms. The molecule has 232 valence electrons. The molecule has 2 atom stereocenters. The van der Waals surface area contributed by atoms with Gasteiger partial charge in [-0.25, -0.2) is 19.6 Å². The van der Waals surface area contributed by atoms with E-state index < -0.39 is 26.4 Å². The van der Waals surface area contributed by atoms with E-state index in [-0.39, 0.29) is 13.1 Å². The topological polar surface area (TPSA) is 155 Å². The van der Waals surface area contributed by atoms with E-state index in [1.54, 1.807) is 33.7 Å². The number of nitrogens with one attached hydrogen (secondary N) is 3. The van der Waals surface area contributed by atoms with Crippen molar-refractivity contribution in [3.05, 3.63) is 12.5 Å². The van der Waals surface area contributed by atoms with Crippen molar-refractivity contribution in [1.82, 2.24) is 40.1 Å². The molecule has 3 N–H and O–H groups in total. The molecule has 17 heteroatoms.